The second kappa shape index (κ2) is 15.6. The Balaban J connectivity index is 1.43. The molecule has 2 bridgehead atoms. The molecular weight excluding hydrogens is 628 g/mol. The van der Waals surface area contributed by atoms with E-state index in [-0.39, 0.29) is 55.8 Å². The monoisotopic (exact) mass is 670 g/mol. The molecule has 14 nitrogen and oxygen atoms in total. The average molecular weight is 671 g/mol. The normalized spacial score (nSPS) is 19.9. The largest absolute Gasteiger partial charge is 0.359 e. The summed E-state index contributed by atoms with van der Waals surface area (Å²) in [6, 6.07) is 11.5. The number of rotatable bonds is 6. The number of carbonyl (C=O) groups excluding carboxylic acids is 5. The zero-order valence-corrected chi connectivity index (χ0v) is 28.1. The first kappa shape index (κ1) is 34.8. The van der Waals surface area contributed by atoms with Crippen molar-refractivity contribution in [1.29, 1.82) is 0 Å². The molecule has 0 saturated carbocycles. The molecule has 4 N–H and O–H groups in total. The van der Waals surface area contributed by atoms with E-state index >= 15 is 0 Å². The van der Waals surface area contributed by atoms with Gasteiger partial charge in [0.2, 0.25) is 23.6 Å². The van der Waals surface area contributed by atoms with Crippen molar-refractivity contribution in [3.8, 4) is 0 Å². The van der Waals surface area contributed by atoms with Gasteiger partial charge in [0.05, 0.1) is 18.7 Å². The Kier molecular flexibility index (Phi) is 11.1. The lowest BCUT2D eigenvalue weighted by Gasteiger charge is -2.26. The van der Waals surface area contributed by atoms with Gasteiger partial charge in [0.15, 0.2) is 11.5 Å². The van der Waals surface area contributed by atoms with Crippen molar-refractivity contribution in [3.63, 3.8) is 0 Å². The number of hydrogen-bond donors (Lipinski definition) is 4. The van der Waals surface area contributed by atoms with Crippen LogP contribution in [0.5, 0.6) is 0 Å². The van der Waals surface area contributed by atoms with Gasteiger partial charge in [0.25, 0.3) is 5.91 Å². The zero-order chi connectivity index (χ0) is 35.1. The van der Waals surface area contributed by atoms with E-state index in [1.54, 1.807) is 6.20 Å². The number of aromatic nitrogens is 3. The minimum atomic E-state index is -1.02. The van der Waals surface area contributed by atoms with Gasteiger partial charge in [-0.3, -0.25) is 24.0 Å². The number of amides is 5. The standard InChI is InChI=1S/C35H42N8O6/c1-21(2)15-27-34(47)40-28(16-24-10-6-5-7-11-24)33(46)36-12-14-42(30(44)17-25-19-37-31-22(3)9-8-13-43(25)31)20-26-18-29(41-49-26)35(48)38-23(4)32(45)39-27/h5-11,13,18-19,21,23,27-28H,12,14-17,20H2,1-4H3,(H,36,46)(H,38,48)(H,39,45)(H,40,47)/t23-,27-,28-/m1/s1. The number of carbonyl (C=O) groups is 5. The van der Waals surface area contributed by atoms with E-state index in [1.807, 2.05) is 73.8 Å². The SMILES string of the molecule is Cc1cccn2c(CC(=O)N3CCNC(=O)[C@@H](Cc4ccccc4)NC(=O)[C@@H](CC(C)C)NC(=O)[C@@H](C)NC(=O)c4cc(on4)C3)cnc12. The van der Waals surface area contributed by atoms with Crippen LogP contribution in [-0.2, 0) is 38.6 Å². The van der Waals surface area contributed by atoms with E-state index in [2.05, 4.69) is 31.4 Å². The van der Waals surface area contributed by atoms with Crippen molar-refractivity contribution in [2.24, 2.45) is 5.92 Å². The van der Waals surface area contributed by atoms with Crippen LogP contribution in [0.3, 0.4) is 0 Å². The van der Waals surface area contributed by atoms with Crippen molar-refractivity contribution in [2.45, 2.75) is 71.6 Å². The van der Waals surface area contributed by atoms with E-state index < -0.39 is 41.8 Å². The summed E-state index contributed by atoms with van der Waals surface area (Å²) in [6.07, 6.45) is 4.00. The van der Waals surface area contributed by atoms with Crippen LogP contribution in [-0.4, -0.2) is 80.2 Å². The third kappa shape index (κ3) is 8.89. The molecule has 3 aromatic heterocycles. The summed E-state index contributed by atoms with van der Waals surface area (Å²) in [5.74, 6) is -2.21. The molecule has 4 heterocycles. The number of imidazole rings is 1. The topological polar surface area (TPSA) is 180 Å². The van der Waals surface area contributed by atoms with Gasteiger partial charge in [-0.15, -0.1) is 0 Å². The maximum atomic E-state index is 13.8. The first-order chi connectivity index (χ1) is 23.5. The summed E-state index contributed by atoms with van der Waals surface area (Å²) in [4.78, 5) is 73.2. The molecule has 1 aliphatic heterocycles. The molecule has 1 aromatic carbocycles. The number of nitrogens with one attached hydrogen (secondary N) is 4. The lowest BCUT2D eigenvalue weighted by Crippen LogP contribution is -2.57. The van der Waals surface area contributed by atoms with Gasteiger partial charge in [-0.25, -0.2) is 4.98 Å². The van der Waals surface area contributed by atoms with E-state index in [1.165, 1.54) is 17.9 Å². The molecule has 0 radical (unpaired) electrons. The zero-order valence-electron chi connectivity index (χ0n) is 28.1. The maximum Gasteiger partial charge on any atom is 0.274 e. The van der Waals surface area contributed by atoms with Gasteiger partial charge in [-0.2, -0.15) is 0 Å². The summed E-state index contributed by atoms with van der Waals surface area (Å²) < 4.78 is 7.29. The molecule has 5 rings (SSSR count). The minimum absolute atomic E-state index is 0.0105. The maximum absolute atomic E-state index is 13.8. The number of fused-ring (bicyclic) bond motifs is 3. The van der Waals surface area contributed by atoms with Gasteiger partial charge in [0.1, 0.15) is 23.8 Å². The Morgan fingerprint density at radius 2 is 1.73 bits per heavy atom. The molecule has 49 heavy (non-hydrogen) atoms. The van der Waals surface area contributed by atoms with Crippen LogP contribution in [0.15, 0.2) is 65.4 Å². The highest BCUT2D eigenvalue weighted by Crippen LogP contribution is 2.15. The Morgan fingerprint density at radius 3 is 2.49 bits per heavy atom. The van der Waals surface area contributed by atoms with E-state index in [9.17, 15) is 24.0 Å². The summed E-state index contributed by atoms with van der Waals surface area (Å²) in [6.45, 7) is 7.37. The fourth-order valence-electron chi connectivity index (χ4n) is 5.68. The summed E-state index contributed by atoms with van der Waals surface area (Å²) in [5.41, 5.74) is 3.14. The molecular formula is C35H42N8O6. The van der Waals surface area contributed by atoms with Crippen LogP contribution in [0.25, 0.3) is 5.65 Å². The van der Waals surface area contributed by atoms with Crippen molar-refractivity contribution in [2.75, 3.05) is 13.1 Å². The fourth-order valence-corrected chi connectivity index (χ4v) is 5.68. The van der Waals surface area contributed by atoms with Crippen molar-refractivity contribution >= 4 is 35.2 Å². The second-order valence-corrected chi connectivity index (χ2v) is 12.7. The van der Waals surface area contributed by atoms with Crippen LogP contribution >= 0.6 is 0 Å². The van der Waals surface area contributed by atoms with Crippen LogP contribution in [0.4, 0.5) is 0 Å². The van der Waals surface area contributed by atoms with Crippen LogP contribution in [0.2, 0.25) is 0 Å². The lowest BCUT2D eigenvalue weighted by molar-refractivity contribution is -0.133. The number of nitrogens with zero attached hydrogens (tertiary/aromatic N) is 4. The molecule has 0 saturated heterocycles. The molecule has 258 valence electrons. The van der Waals surface area contributed by atoms with Gasteiger partial charge in [0, 0.05) is 38.0 Å². The smallest absolute Gasteiger partial charge is 0.274 e. The predicted molar refractivity (Wildman–Crippen MR) is 179 cm³/mol. The number of hydrogen-bond acceptors (Lipinski definition) is 8. The van der Waals surface area contributed by atoms with Gasteiger partial charge >= 0.3 is 0 Å². The summed E-state index contributed by atoms with van der Waals surface area (Å²) in [5, 5.41) is 14.9. The Hall–Kier alpha value is -5.53. The van der Waals surface area contributed by atoms with Crippen LogP contribution < -0.4 is 21.3 Å². The first-order valence-electron chi connectivity index (χ1n) is 16.4. The van der Waals surface area contributed by atoms with Crippen LogP contribution in [0, 0.1) is 12.8 Å². The second-order valence-electron chi connectivity index (χ2n) is 12.7. The molecule has 5 amide bonds. The molecule has 0 spiro atoms. The lowest BCUT2D eigenvalue weighted by atomic mass is 10.0. The summed E-state index contributed by atoms with van der Waals surface area (Å²) in [7, 11) is 0. The first-order valence-corrected chi connectivity index (χ1v) is 16.4. The molecule has 14 heteroatoms. The predicted octanol–water partition coefficient (Wildman–Crippen LogP) is 1.71. The Morgan fingerprint density at radius 1 is 0.980 bits per heavy atom. The molecule has 4 aromatic rings. The highest BCUT2D eigenvalue weighted by molar-refractivity contribution is 5.97. The Labute approximate surface area is 284 Å². The van der Waals surface area contributed by atoms with E-state index in [0.717, 1.165) is 16.8 Å². The molecule has 3 atom stereocenters. The van der Waals surface area contributed by atoms with Crippen molar-refractivity contribution in [1.82, 2.24) is 40.7 Å². The van der Waals surface area contributed by atoms with Gasteiger partial charge in [-0.05, 0) is 43.4 Å². The van der Waals surface area contributed by atoms with E-state index in [0.29, 0.717) is 12.1 Å². The number of aryl methyl sites for hydroxylation is 1. The minimum Gasteiger partial charge on any atom is -0.359 e. The quantitative estimate of drug-likeness (QED) is 0.239. The third-order valence-corrected chi connectivity index (χ3v) is 8.31. The van der Waals surface area contributed by atoms with Gasteiger partial charge < -0.3 is 35.1 Å². The molecule has 0 aliphatic carbocycles. The van der Waals surface area contributed by atoms with Crippen molar-refractivity contribution < 1.29 is 28.5 Å². The average Bonchev–Trinajstić information content (AvgIpc) is 3.71. The van der Waals surface area contributed by atoms with Gasteiger partial charge in [-0.1, -0.05) is 55.4 Å². The number of pyridine rings is 1. The molecule has 0 fully saturated rings. The highest BCUT2D eigenvalue weighted by atomic mass is 16.5. The highest BCUT2D eigenvalue weighted by Gasteiger charge is 2.30. The Bertz CT molecular complexity index is 1820. The fraction of sp³-hybridized carbons (Fsp3) is 0.400. The summed E-state index contributed by atoms with van der Waals surface area (Å²) >= 11 is 0. The van der Waals surface area contributed by atoms with E-state index in [4.69, 9.17) is 4.52 Å². The van der Waals surface area contributed by atoms with Crippen LogP contribution in [0.1, 0.15) is 60.3 Å². The van der Waals surface area contributed by atoms with Crippen molar-refractivity contribution in [3.05, 3.63) is 89.2 Å². The molecule has 0 unspecified atom stereocenters. The molecule has 1 aliphatic rings. The third-order valence-electron chi connectivity index (χ3n) is 8.31. The number of benzene rings is 1.